The standard InChI is InChI=1S/C18H18F2N2O5S/c1-26-17-5-3-13(28(24,25)22-12-6-7-27-10-12)9-14(17)18(23)21-16-4-2-11(19)8-15(16)20/h2-5,8-9,12,22H,6-7,10H2,1H3,(H,21,23). The Kier molecular flexibility index (Phi) is 5.92. The fourth-order valence-electron chi connectivity index (χ4n) is 2.73. The lowest BCUT2D eigenvalue weighted by molar-refractivity contribution is 0.102. The molecule has 10 heteroatoms. The summed E-state index contributed by atoms with van der Waals surface area (Å²) < 4.78 is 64.7. The molecule has 0 radical (unpaired) electrons. The number of halogens is 2. The van der Waals surface area contributed by atoms with Crippen molar-refractivity contribution in [2.75, 3.05) is 25.6 Å². The highest BCUT2D eigenvalue weighted by Crippen LogP contribution is 2.25. The van der Waals surface area contributed by atoms with Crippen molar-refractivity contribution in [2.45, 2.75) is 17.4 Å². The quantitative estimate of drug-likeness (QED) is 0.759. The van der Waals surface area contributed by atoms with Gasteiger partial charge in [0.15, 0.2) is 0 Å². The van der Waals surface area contributed by atoms with Crippen LogP contribution >= 0.6 is 0 Å². The molecule has 1 heterocycles. The monoisotopic (exact) mass is 412 g/mol. The maximum Gasteiger partial charge on any atom is 0.259 e. The van der Waals surface area contributed by atoms with E-state index in [9.17, 15) is 22.0 Å². The van der Waals surface area contributed by atoms with E-state index in [0.717, 1.165) is 18.2 Å². The number of methoxy groups -OCH3 is 1. The third-order valence-electron chi connectivity index (χ3n) is 4.16. The Labute approximate surface area is 160 Å². The molecule has 150 valence electrons. The van der Waals surface area contributed by atoms with Crippen LogP contribution in [-0.4, -0.2) is 40.7 Å². The third kappa shape index (κ3) is 4.46. The average molecular weight is 412 g/mol. The Bertz CT molecular complexity index is 991. The number of amides is 1. The molecule has 1 unspecified atom stereocenters. The summed E-state index contributed by atoms with van der Waals surface area (Å²) in [5.41, 5.74) is -0.361. The number of carbonyl (C=O) groups excluding carboxylic acids is 1. The summed E-state index contributed by atoms with van der Waals surface area (Å²) in [4.78, 5) is 12.4. The van der Waals surface area contributed by atoms with Crippen molar-refractivity contribution < 1.29 is 31.5 Å². The summed E-state index contributed by atoms with van der Waals surface area (Å²) in [7, 11) is -2.59. The first-order valence-electron chi connectivity index (χ1n) is 8.34. The van der Waals surface area contributed by atoms with Crippen molar-refractivity contribution in [3.8, 4) is 5.75 Å². The van der Waals surface area contributed by atoms with E-state index in [0.29, 0.717) is 19.1 Å². The molecule has 2 aromatic carbocycles. The predicted octanol–water partition coefficient (Wildman–Crippen LogP) is 2.29. The number of sulfonamides is 1. The summed E-state index contributed by atoms with van der Waals surface area (Å²) in [5, 5.41) is 2.28. The van der Waals surface area contributed by atoms with Crippen LogP contribution in [-0.2, 0) is 14.8 Å². The number of carbonyl (C=O) groups is 1. The van der Waals surface area contributed by atoms with Crippen LogP contribution in [0.2, 0.25) is 0 Å². The van der Waals surface area contributed by atoms with Gasteiger partial charge >= 0.3 is 0 Å². The molecular weight excluding hydrogens is 394 g/mol. The van der Waals surface area contributed by atoms with Gasteiger partial charge < -0.3 is 14.8 Å². The van der Waals surface area contributed by atoms with Gasteiger partial charge in [0.1, 0.15) is 17.4 Å². The molecule has 2 N–H and O–H groups in total. The van der Waals surface area contributed by atoms with E-state index in [-0.39, 0.29) is 34.5 Å². The van der Waals surface area contributed by atoms with Crippen molar-refractivity contribution >= 4 is 21.6 Å². The number of hydrogen-bond donors (Lipinski definition) is 2. The molecule has 0 bridgehead atoms. The van der Waals surface area contributed by atoms with Crippen molar-refractivity contribution in [3.05, 3.63) is 53.6 Å². The van der Waals surface area contributed by atoms with E-state index in [4.69, 9.17) is 9.47 Å². The molecule has 1 amide bonds. The fraction of sp³-hybridized carbons (Fsp3) is 0.278. The van der Waals surface area contributed by atoms with Gasteiger partial charge in [-0.05, 0) is 36.8 Å². The summed E-state index contributed by atoms with van der Waals surface area (Å²) in [6, 6.07) is 6.09. The van der Waals surface area contributed by atoms with Gasteiger partial charge in [-0.15, -0.1) is 0 Å². The minimum Gasteiger partial charge on any atom is -0.496 e. The first kappa shape index (κ1) is 20.2. The molecule has 0 aromatic heterocycles. The predicted molar refractivity (Wildman–Crippen MR) is 96.9 cm³/mol. The molecule has 3 rings (SSSR count). The maximum atomic E-state index is 13.8. The SMILES string of the molecule is COc1ccc(S(=O)(=O)NC2CCOC2)cc1C(=O)Nc1ccc(F)cc1F. The summed E-state index contributed by atoms with van der Waals surface area (Å²) in [6.07, 6.45) is 0.548. The first-order valence-corrected chi connectivity index (χ1v) is 9.83. The van der Waals surface area contributed by atoms with Crippen LogP contribution in [0, 0.1) is 11.6 Å². The van der Waals surface area contributed by atoms with Gasteiger partial charge in [0.05, 0.1) is 29.9 Å². The van der Waals surface area contributed by atoms with E-state index >= 15 is 0 Å². The lowest BCUT2D eigenvalue weighted by Crippen LogP contribution is -2.35. The molecule has 1 aliphatic rings. The zero-order valence-electron chi connectivity index (χ0n) is 14.9. The van der Waals surface area contributed by atoms with E-state index < -0.39 is 27.6 Å². The van der Waals surface area contributed by atoms with Crippen LogP contribution in [0.15, 0.2) is 41.3 Å². The molecular formula is C18H18F2N2O5S. The second kappa shape index (κ2) is 8.21. The van der Waals surface area contributed by atoms with E-state index in [1.54, 1.807) is 0 Å². The van der Waals surface area contributed by atoms with Crippen LogP contribution < -0.4 is 14.8 Å². The molecule has 2 aromatic rings. The van der Waals surface area contributed by atoms with Crippen LogP contribution in [0.5, 0.6) is 5.75 Å². The lowest BCUT2D eigenvalue weighted by atomic mass is 10.1. The molecule has 1 saturated heterocycles. The Hall–Kier alpha value is -2.56. The highest BCUT2D eigenvalue weighted by Gasteiger charge is 2.25. The third-order valence-corrected chi connectivity index (χ3v) is 5.67. The Morgan fingerprint density at radius 1 is 1.21 bits per heavy atom. The molecule has 7 nitrogen and oxygen atoms in total. The smallest absolute Gasteiger partial charge is 0.259 e. The molecule has 28 heavy (non-hydrogen) atoms. The number of ether oxygens (including phenoxy) is 2. The molecule has 0 aliphatic carbocycles. The van der Waals surface area contributed by atoms with Crippen molar-refractivity contribution in [1.82, 2.24) is 4.72 Å². The number of rotatable bonds is 6. The summed E-state index contributed by atoms with van der Waals surface area (Å²) in [6.45, 7) is 0.735. The topological polar surface area (TPSA) is 93.7 Å². The largest absolute Gasteiger partial charge is 0.496 e. The van der Waals surface area contributed by atoms with Gasteiger partial charge in [-0.25, -0.2) is 21.9 Å². The minimum atomic E-state index is -3.90. The molecule has 1 fully saturated rings. The van der Waals surface area contributed by atoms with Crippen LogP contribution in [0.3, 0.4) is 0 Å². The zero-order chi connectivity index (χ0) is 20.3. The highest BCUT2D eigenvalue weighted by molar-refractivity contribution is 7.89. The van der Waals surface area contributed by atoms with Crippen molar-refractivity contribution in [3.63, 3.8) is 0 Å². The van der Waals surface area contributed by atoms with Gasteiger partial charge in [-0.2, -0.15) is 0 Å². The number of hydrogen-bond acceptors (Lipinski definition) is 5. The van der Waals surface area contributed by atoms with Crippen LogP contribution in [0.25, 0.3) is 0 Å². The molecule has 1 aliphatic heterocycles. The first-order chi connectivity index (χ1) is 13.3. The Morgan fingerprint density at radius 2 is 2.00 bits per heavy atom. The van der Waals surface area contributed by atoms with Crippen molar-refractivity contribution in [2.24, 2.45) is 0 Å². The van der Waals surface area contributed by atoms with Crippen LogP contribution in [0.4, 0.5) is 14.5 Å². The highest BCUT2D eigenvalue weighted by atomic mass is 32.2. The van der Waals surface area contributed by atoms with Gasteiger partial charge in [0, 0.05) is 18.7 Å². The number of anilines is 1. The van der Waals surface area contributed by atoms with Crippen LogP contribution in [0.1, 0.15) is 16.8 Å². The normalized spacial score (nSPS) is 16.8. The Balaban J connectivity index is 1.88. The second-order valence-electron chi connectivity index (χ2n) is 6.12. The minimum absolute atomic E-state index is 0.100. The van der Waals surface area contributed by atoms with Gasteiger partial charge in [0.25, 0.3) is 5.91 Å². The van der Waals surface area contributed by atoms with Gasteiger partial charge in [0.2, 0.25) is 10.0 Å². The number of nitrogens with one attached hydrogen (secondary N) is 2. The second-order valence-corrected chi connectivity index (χ2v) is 7.84. The Morgan fingerprint density at radius 3 is 2.64 bits per heavy atom. The van der Waals surface area contributed by atoms with E-state index in [1.807, 2.05) is 0 Å². The molecule has 1 atom stereocenters. The summed E-state index contributed by atoms with van der Waals surface area (Å²) >= 11 is 0. The lowest BCUT2D eigenvalue weighted by Gasteiger charge is -2.14. The fourth-order valence-corrected chi connectivity index (χ4v) is 4.01. The molecule has 0 spiro atoms. The zero-order valence-corrected chi connectivity index (χ0v) is 15.7. The van der Waals surface area contributed by atoms with Gasteiger partial charge in [-0.3, -0.25) is 4.79 Å². The van der Waals surface area contributed by atoms with E-state index in [1.165, 1.54) is 19.2 Å². The summed E-state index contributed by atoms with van der Waals surface area (Å²) in [5.74, 6) is -2.45. The van der Waals surface area contributed by atoms with Crippen molar-refractivity contribution in [1.29, 1.82) is 0 Å². The average Bonchev–Trinajstić information content (AvgIpc) is 3.15. The van der Waals surface area contributed by atoms with Gasteiger partial charge in [-0.1, -0.05) is 0 Å². The van der Waals surface area contributed by atoms with E-state index in [2.05, 4.69) is 10.0 Å². The number of benzene rings is 2. The molecule has 0 saturated carbocycles. The maximum absolute atomic E-state index is 13.8.